The van der Waals surface area contributed by atoms with Crippen molar-refractivity contribution in [1.29, 1.82) is 0 Å². The molecule has 1 atom stereocenters. The van der Waals surface area contributed by atoms with E-state index < -0.39 is 20.9 Å². The summed E-state index contributed by atoms with van der Waals surface area (Å²) in [6, 6.07) is 7.24. The standard InChI is InChI=1S/C21H24ClN5O5S/c22-16-5-8-20(23-13-16)24-21(28)15-4-3-9-25(14-15)18-7-6-17(12-19(18)27(29)30)33(31,32)26-10-1-2-11-26/h5-8,12-13,15H,1-4,9-11,14H2,(H,23,24,28)/t15-/m0/s1. The number of halogens is 1. The van der Waals surface area contributed by atoms with E-state index in [9.17, 15) is 23.3 Å². The Hall–Kier alpha value is -2.76. The molecule has 33 heavy (non-hydrogen) atoms. The number of anilines is 2. The van der Waals surface area contributed by atoms with Gasteiger partial charge in [0.15, 0.2) is 0 Å². The quantitative estimate of drug-likeness (QED) is 0.483. The summed E-state index contributed by atoms with van der Waals surface area (Å²) >= 11 is 5.82. The number of nitrogens with zero attached hydrogens (tertiary/aromatic N) is 4. The van der Waals surface area contributed by atoms with Gasteiger partial charge in [0.1, 0.15) is 11.5 Å². The normalized spacial score (nSPS) is 19.4. The largest absolute Gasteiger partial charge is 0.365 e. The van der Waals surface area contributed by atoms with Crippen molar-refractivity contribution in [3.63, 3.8) is 0 Å². The Balaban J connectivity index is 1.54. The first kappa shape index (κ1) is 23.4. The van der Waals surface area contributed by atoms with Crippen molar-refractivity contribution in [2.45, 2.75) is 30.6 Å². The van der Waals surface area contributed by atoms with Crippen LogP contribution < -0.4 is 10.2 Å². The van der Waals surface area contributed by atoms with Crippen molar-refractivity contribution in [3.05, 3.63) is 51.7 Å². The molecule has 10 nitrogen and oxygen atoms in total. The Kier molecular flexibility index (Phi) is 6.82. The monoisotopic (exact) mass is 493 g/mol. The van der Waals surface area contributed by atoms with Gasteiger partial charge in [0, 0.05) is 38.4 Å². The van der Waals surface area contributed by atoms with Crippen LogP contribution in [0, 0.1) is 16.0 Å². The van der Waals surface area contributed by atoms with Crippen LogP contribution in [0.15, 0.2) is 41.4 Å². The molecule has 2 saturated heterocycles. The zero-order chi connectivity index (χ0) is 23.6. The molecule has 1 amide bonds. The molecule has 4 rings (SSSR count). The maximum atomic E-state index is 12.9. The third kappa shape index (κ3) is 5.10. The van der Waals surface area contributed by atoms with Gasteiger partial charge in [-0.3, -0.25) is 14.9 Å². The number of nitro groups is 1. The van der Waals surface area contributed by atoms with Crippen molar-refractivity contribution in [1.82, 2.24) is 9.29 Å². The summed E-state index contributed by atoms with van der Waals surface area (Å²) in [4.78, 5) is 29.8. The molecule has 12 heteroatoms. The molecule has 3 heterocycles. The lowest BCUT2D eigenvalue weighted by Crippen LogP contribution is -2.41. The average molecular weight is 494 g/mol. The van der Waals surface area contributed by atoms with Gasteiger partial charge < -0.3 is 10.2 Å². The number of nitro benzene ring substituents is 1. The molecule has 1 N–H and O–H groups in total. The Labute approximate surface area is 196 Å². The average Bonchev–Trinajstić information content (AvgIpc) is 3.36. The zero-order valence-corrected chi connectivity index (χ0v) is 19.4. The second kappa shape index (κ2) is 9.62. The van der Waals surface area contributed by atoms with Crippen molar-refractivity contribution >= 4 is 44.7 Å². The van der Waals surface area contributed by atoms with Crippen LogP contribution in [0.1, 0.15) is 25.7 Å². The molecule has 1 aromatic heterocycles. The molecule has 1 aromatic carbocycles. The van der Waals surface area contributed by atoms with E-state index in [2.05, 4.69) is 10.3 Å². The number of piperidine rings is 1. The van der Waals surface area contributed by atoms with Crippen LogP contribution in [0.5, 0.6) is 0 Å². The Bertz CT molecular complexity index is 1150. The van der Waals surface area contributed by atoms with Crippen LogP contribution in [0.4, 0.5) is 17.2 Å². The van der Waals surface area contributed by atoms with Gasteiger partial charge in [-0.25, -0.2) is 13.4 Å². The highest BCUT2D eigenvalue weighted by molar-refractivity contribution is 7.89. The fourth-order valence-electron chi connectivity index (χ4n) is 4.24. The van der Waals surface area contributed by atoms with Gasteiger partial charge in [-0.05, 0) is 49.9 Å². The van der Waals surface area contributed by atoms with Crippen molar-refractivity contribution in [2.24, 2.45) is 5.92 Å². The fraction of sp³-hybridized carbons (Fsp3) is 0.429. The molecule has 2 aliphatic rings. The molecule has 0 saturated carbocycles. The lowest BCUT2D eigenvalue weighted by atomic mass is 9.96. The van der Waals surface area contributed by atoms with E-state index in [0.717, 1.165) is 18.9 Å². The molecule has 0 aliphatic carbocycles. The van der Waals surface area contributed by atoms with Crippen LogP contribution >= 0.6 is 11.6 Å². The zero-order valence-electron chi connectivity index (χ0n) is 17.8. The van der Waals surface area contributed by atoms with E-state index in [1.807, 2.05) is 0 Å². The third-order valence-electron chi connectivity index (χ3n) is 5.96. The summed E-state index contributed by atoms with van der Waals surface area (Å²) in [5, 5.41) is 15.0. The Morgan fingerprint density at radius 3 is 2.58 bits per heavy atom. The molecular weight excluding hydrogens is 470 g/mol. The number of hydrogen-bond acceptors (Lipinski definition) is 7. The first-order valence-electron chi connectivity index (χ1n) is 10.7. The molecule has 176 valence electrons. The van der Waals surface area contributed by atoms with E-state index in [1.165, 1.54) is 22.6 Å². The van der Waals surface area contributed by atoms with Crippen LogP contribution in [0.3, 0.4) is 0 Å². The number of hydrogen-bond donors (Lipinski definition) is 1. The van der Waals surface area contributed by atoms with Crippen LogP contribution in [0.25, 0.3) is 0 Å². The van der Waals surface area contributed by atoms with E-state index in [4.69, 9.17) is 11.6 Å². The number of pyridine rings is 1. The summed E-state index contributed by atoms with van der Waals surface area (Å²) < 4.78 is 27.1. The lowest BCUT2D eigenvalue weighted by molar-refractivity contribution is -0.384. The smallest absolute Gasteiger partial charge is 0.293 e. The molecule has 2 aromatic rings. The summed E-state index contributed by atoms with van der Waals surface area (Å²) in [7, 11) is -3.77. The molecular formula is C21H24ClN5O5S. The minimum absolute atomic E-state index is 0.0834. The number of sulfonamides is 1. The molecule has 0 radical (unpaired) electrons. The molecule has 2 fully saturated rings. The topological polar surface area (TPSA) is 126 Å². The number of aromatic nitrogens is 1. The van der Waals surface area contributed by atoms with Gasteiger partial charge in [-0.15, -0.1) is 0 Å². The molecule has 0 bridgehead atoms. The first-order valence-corrected chi connectivity index (χ1v) is 12.5. The van der Waals surface area contributed by atoms with E-state index in [1.54, 1.807) is 17.0 Å². The lowest BCUT2D eigenvalue weighted by Gasteiger charge is -2.33. The third-order valence-corrected chi connectivity index (χ3v) is 8.08. The fourth-order valence-corrected chi connectivity index (χ4v) is 5.89. The van der Waals surface area contributed by atoms with Gasteiger partial charge in [-0.1, -0.05) is 11.6 Å². The number of nitrogens with one attached hydrogen (secondary N) is 1. The Morgan fingerprint density at radius 1 is 1.15 bits per heavy atom. The predicted octanol–water partition coefficient (Wildman–Crippen LogP) is 3.28. The number of carbonyl (C=O) groups is 1. The highest BCUT2D eigenvalue weighted by atomic mass is 35.5. The minimum atomic E-state index is -3.77. The van der Waals surface area contributed by atoms with Gasteiger partial charge >= 0.3 is 0 Å². The summed E-state index contributed by atoms with van der Waals surface area (Å²) in [5.74, 6) is -0.252. The maximum absolute atomic E-state index is 12.9. The van der Waals surface area contributed by atoms with Crippen LogP contribution in [-0.4, -0.2) is 54.7 Å². The SMILES string of the molecule is O=C(Nc1ccc(Cl)cn1)[C@H]1CCCN(c2ccc(S(=O)(=O)N3CCCC3)cc2[N+](=O)[O-])C1. The van der Waals surface area contributed by atoms with Gasteiger partial charge in [0.2, 0.25) is 15.9 Å². The van der Waals surface area contributed by atoms with Gasteiger partial charge in [0.25, 0.3) is 5.69 Å². The highest BCUT2D eigenvalue weighted by Gasteiger charge is 2.33. The minimum Gasteiger partial charge on any atom is -0.365 e. The van der Waals surface area contributed by atoms with Gasteiger partial charge in [-0.2, -0.15) is 4.31 Å². The number of carbonyl (C=O) groups excluding carboxylic acids is 1. The number of amides is 1. The van der Waals surface area contributed by atoms with E-state index in [0.29, 0.717) is 49.0 Å². The first-order chi connectivity index (χ1) is 15.8. The van der Waals surface area contributed by atoms with E-state index >= 15 is 0 Å². The summed E-state index contributed by atoms with van der Waals surface area (Å²) in [6.45, 7) is 1.65. The highest BCUT2D eigenvalue weighted by Crippen LogP contribution is 2.35. The van der Waals surface area contributed by atoms with Crippen molar-refractivity contribution in [2.75, 3.05) is 36.4 Å². The summed E-state index contributed by atoms with van der Waals surface area (Å²) in [6.07, 6.45) is 4.29. The van der Waals surface area contributed by atoms with Gasteiger partial charge in [0.05, 0.1) is 20.8 Å². The van der Waals surface area contributed by atoms with E-state index in [-0.39, 0.29) is 23.0 Å². The van der Waals surface area contributed by atoms with Crippen LogP contribution in [-0.2, 0) is 14.8 Å². The molecule has 2 aliphatic heterocycles. The summed E-state index contributed by atoms with van der Waals surface area (Å²) in [5.41, 5.74) is 0.0261. The Morgan fingerprint density at radius 2 is 1.91 bits per heavy atom. The second-order valence-electron chi connectivity index (χ2n) is 8.15. The predicted molar refractivity (Wildman–Crippen MR) is 124 cm³/mol. The maximum Gasteiger partial charge on any atom is 0.293 e. The second-order valence-corrected chi connectivity index (χ2v) is 10.5. The van der Waals surface area contributed by atoms with Crippen LogP contribution in [0.2, 0.25) is 5.02 Å². The van der Waals surface area contributed by atoms with Crippen molar-refractivity contribution < 1.29 is 18.1 Å². The number of benzene rings is 1. The molecule has 0 unspecified atom stereocenters. The van der Waals surface area contributed by atoms with Crippen molar-refractivity contribution in [3.8, 4) is 0 Å². The molecule has 0 spiro atoms. The number of rotatable bonds is 6.